The number of thiazole rings is 1. The van der Waals surface area contributed by atoms with Gasteiger partial charge in [-0.3, -0.25) is 14.5 Å². The summed E-state index contributed by atoms with van der Waals surface area (Å²) >= 11 is 7.99. The maximum Gasteiger partial charge on any atom is 0.266 e. The van der Waals surface area contributed by atoms with Crippen LogP contribution in [0.3, 0.4) is 0 Å². The Morgan fingerprint density at radius 2 is 2.00 bits per heavy atom. The van der Waals surface area contributed by atoms with Gasteiger partial charge in [0, 0.05) is 18.5 Å². The first-order valence-electron chi connectivity index (χ1n) is 9.09. The van der Waals surface area contributed by atoms with E-state index in [0.717, 1.165) is 15.8 Å². The maximum absolute atomic E-state index is 12.8. The van der Waals surface area contributed by atoms with Crippen LogP contribution in [0.4, 0.5) is 5.13 Å². The molecule has 0 aliphatic carbocycles. The Hall–Kier alpha value is -2.75. The number of methoxy groups -OCH3 is 1. The highest BCUT2D eigenvalue weighted by molar-refractivity contribution is 8.26. The highest BCUT2D eigenvalue weighted by atomic mass is 32.2. The number of fused-ring (bicyclic) bond motifs is 1. The van der Waals surface area contributed by atoms with Crippen LogP contribution < -0.4 is 10.1 Å². The number of para-hydroxylation sites is 2. The second-order valence-electron chi connectivity index (χ2n) is 6.36. The minimum Gasteiger partial charge on any atom is -0.496 e. The zero-order valence-corrected chi connectivity index (χ0v) is 18.4. The van der Waals surface area contributed by atoms with Crippen molar-refractivity contribution in [1.29, 1.82) is 0 Å². The van der Waals surface area contributed by atoms with Crippen molar-refractivity contribution in [2.75, 3.05) is 19.0 Å². The van der Waals surface area contributed by atoms with E-state index in [-0.39, 0.29) is 24.8 Å². The zero-order chi connectivity index (χ0) is 21.1. The molecule has 1 N–H and O–H groups in total. The largest absolute Gasteiger partial charge is 0.496 e. The van der Waals surface area contributed by atoms with Crippen LogP contribution in [0.5, 0.6) is 5.75 Å². The van der Waals surface area contributed by atoms with Crippen molar-refractivity contribution in [3.05, 3.63) is 59.0 Å². The molecular weight excluding hydrogens is 438 g/mol. The third-order valence-corrected chi connectivity index (χ3v) is 6.73. The number of hydrogen-bond acceptors (Lipinski definition) is 7. The number of nitrogens with zero attached hydrogens (tertiary/aromatic N) is 2. The van der Waals surface area contributed by atoms with Gasteiger partial charge in [0.2, 0.25) is 5.91 Å². The smallest absolute Gasteiger partial charge is 0.266 e. The summed E-state index contributed by atoms with van der Waals surface area (Å²) in [5.74, 6) is 0.262. The second-order valence-corrected chi connectivity index (χ2v) is 9.07. The van der Waals surface area contributed by atoms with Gasteiger partial charge in [-0.1, -0.05) is 65.6 Å². The van der Waals surface area contributed by atoms with Gasteiger partial charge < -0.3 is 10.1 Å². The average molecular weight is 456 g/mol. The predicted molar refractivity (Wildman–Crippen MR) is 126 cm³/mol. The normalized spacial score (nSPS) is 15.2. The predicted octanol–water partition coefficient (Wildman–Crippen LogP) is 4.53. The summed E-state index contributed by atoms with van der Waals surface area (Å²) in [5.41, 5.74) is 1.64. The number of carbonyl (C=O) groups excluding carboxylic acids is 2. The summed E-state index contributed by atoms with van der Waals surface area (Å²) in [6, 6.07) is 15.1. The molecule has 3 aromatic rings. The number of benzene rings is 2. The molecule has 1 fully saturated rings. The van der Waals surface area contributed by atoms with Gasteiger partial charge in [0.1, 0.15) is 10.1 Å². The summed E-state index contributed by atoms with van der Waals surface area (Å²) in [4.78, 5) is 31.5. The summed E-state index contributed by atoms with van der Waals surface area (Å²) in [6.45, 7) is 0.213. The van der Waals surface area contributed by atoms with Gasteiger partial charge in [-0.15, -0.1) is 0 Å². The molecular formula is C21H17N3O3S3. The molecule has 0 saturated carbocycles. The molecule has 0 spiro atoms. The van der Waals surface area contributed by atoms with Gasteiger partial charge in [0.05, 0.1) is 22.2 Å². The van der Waals surface area contributed by atoms with E-state index in [1.54, 1.807) is 13.2 Å². The zero-order valence-electron chi connectivity index (χ0n) is 16.0. The van der Waals surface area contributed by atoms with E-state index >= 15 is 0 Å². The van der Waals surface area contributed by atoms with Crippen LogP contribution in [0.15, 0.2) is 53.4 Å². The molecule has 0 atom stereocenters. The van der Waals surface area contributed by atoms with Crippen molar-refractivity contribution in [2.45, 2.75) is 6.42 Å². The Labute approximate surface area is 186 Å². The number of amides is 2. The van der Waals surface area contributed by atoms with E-state index in [1.165, 1.54) is 28.0 Å². The fraction of sp³-hybridized carbons (Fsp3) is 0.143. The van der Waals surface area contributed by atoms with Crippen molar-refractivity contribution >= 4 is 72.9 Å². The molecule has 2 aromatic carbocycles. The number of hydrogen-bond donors (Lipinski definition) is 1. The Kier molecular flexibility index (Phi) is 6.12. The Morgan fingerprint density at radius 3 is 2.80 bits per heavy atom. The lowest BCUT2D eigenvalue weighted by Crippen LogP contribution is -2.31. The molecule has 0 radical (unpaired) electrons. The second kappa shape index (κ2) is 8.95. The van der Waals surface area contributed by atoms with Gasteiger partial charge >= 0.3 is 0 Å². The monoisotopic (exact) mass is 455 g/mol. The number of nitrogens with one attached hydrogen (secondary N) is 1. The van der Waals surface area contributed by atoms with Crippen LogP contribution in [-0.4, -0.2) is 39.7 Å². The molecule has 6 nitrogen and oxygen atoms in total. The van der Waals surface area contributed by atoms with Crippen LogP contribution in [0, 0.1) is 0 Å². The Morgan fingerprint density at radius 1 is 1.23 bits per heavy atom. The van der Waals surface area contributed by atoms with Crippen molar-refractivity contribution in [1.82, 2.24) is 9.88 Å². The highest BCUT2D eigenvalue weighted by Crippen LogP contribution is 2.34. The van der Waals surface area contributed by atoms with Crippen LogP contribution in [0.1, 0.15) is 12.0 Å². The average Bonchev–Trinajstić information content (AvgIpc) is 3.26. The number of thioether (sulfide) groups is 1. The summed E-state index contributed by atoms with van der Waals surface area (Å²) < 4.78 is 6.78. The first kappa shape index (κ1) is 20.5. The lowest BCUT2D eigenvalue weighted by molar-refractivity contribution is -0.122. The highest BCUT2D eigenvalue weighted by Gasteiger charge is 2.32. The van der Waals surface area contributed by atoms with E-state index in [9.17, 15) is 9.59 Å². The van der Waals surface area contributed by atoms with Crippen LogP contribution in [0.2, 0.25) is 0 Å². The molecule has 9 heteroatoms. The Bertz CT molecular complexity index is 1140. The molecule has 4 rings (SSSR count). The van der Waals surface area contributed by atoms with Crippen LogP contribution >= 0.6 is 35.3 Å². The molecule has 2 heterocycles. The Balaban J connectivity index is 1.39. The molecule has 0 unspecified atom stereocenters. The van der Waals surface area contributed by atoms with E-state index in [0.29, 0.717) is 20.1 Å². The van der Waals surface area contributed by atoms with Crippen LogP contribution in [0.25, 0.3) is 16.3 Å². The molecule has 1 aliphatic rings. The number of rotatable bonds is 6. The fourth-order valence-corrected chi connectivity index (χ4v) is 5.12. The third-order valence-electron chi connectivity index (χ3n) is 4.40. The molecule has 1 aromatic heterocycles. The lowest BCUT2D eigenvalue weighted by Gasteiger charge is -2.13. The van der Waals surface area contributed by atoms with Crippen LogP contribution in [-0.2, 0) is 9.59 Å². The minimum absolute atomic E-state index is 0.129. The fourth-order valence-electron chi connectivity index (χ4n) is 2.94. The SMILES string of the molecule is COc1ccccc1/C=C1\SC(=S)N(CCC(=O)Nc2nc3ccccc3s2)C1=O. The quantitative estimate of drug-likeness (QED) is 0.435. The summed E-state index contributed by atoms with van der Waals surface area (Å²) in [5, 5.41) is 3.34. The van der Waals surface area contributed by atoms with Crippen molar-refractivity contribution in [2.24, 2.45) is 0 Å². The van der Waals surface area contributed by atoms with Gasteiger partial charge in [-0.2, -0.15) is 0 Å². The van der Waals surface area contributed by atoms with Gasteiger partial charge in [0.25, 0.3) is 5.91 Å². The summed E-state index contributed by atoms with van der Waals surface area (Å²) in [7, 11) is 1.59. The first-order valence-corrected chi connectivity index (χ1v) is 11.1. The number of thiocarbonyl (C=S) groups is 1. The van der Waals surface area contributed by atoms with E-state index in [2.05, 4.69) is 10.3 Å². The van der Waals surface area contributed by atoms with Crippen molar-refractivity contribution in [3.63, 3.8) is 0 Å². The topological polar surface area (TPSA) is 71.5 Å². The molecule has 1 aliphatic heterocycles. The minimum atomic E-state index is -0.211. The van der Waals surface area contributed by atoms with Gasteiger partial charge in [-0.25, -0.2) is 4.98 Å². The van der Waals surface area contributed by atoms with Crippen molar-refractivity contribution < 1.29 is 14.3 Å². The molecule has 152 valence electrons. The molecule has 2 amide bonds. The standard InChI is InChI=1S/C21H17N3O3S3/c1-27-15-8-4-2-6-13(15)12-17-19(26)24(21(28)30-17)11-10-18(25)23-20-22-14-7-3-5-9-16(14)29-20/h2-9,12H,10-11H2,1H3,(H,22,23,25)/b17-12-. The maximum atomic E-state index is 12.8. The van der Waals surface area contributed by atoms with E-state index in [1.807, 2.05) is 48.5 Å². The summed E-state index contributed by atoms with van der Waals surface area (Å²) in [6.07, 6.45) is 1.89. The molecule has 1 saturated heterocycles. The first-order chi connectivity index (χ1) is 14.5. The van der Waals surface area contributed by atoms with Gasteiger partial charge in [-0.05, 0) is 24.3 Å². The number of anilines is 1. The van der Waals surface area contributed by atoms with E-state index < -0.39 is 0 Å². The molecule has 0 bridgehead atoms. The lowest BCUT2D eigenvalue weighted by atomic mass is 10.2. The number of carbonyl (C=O) groups is 2. The number of aromatic nitrogens is 1. The van der Waals surface area contributed by atoms with E-state index in [4.69, 9.17) is 17.0 Å². The third kappa shape index (κ3) is 4.38. The van der Waals surface area contributed by atoms with Gasteiger partial charge in [0.15, 0.2) is 5.13 Å². The number of ether oxygens (including phenoxy) is 1. The van der Waals surface area contributed by atoms with Crippen molar-refractivity contribution in [3.8, 4) is 5.75 Å². The molecule has 30 heavy (non-hydrogen) atoms.